The van der Waals surface area contributed by atoms with Crippen molar-refractivity contribution in [2.24, 2.45) is 0 Å². The minimum Gasteiger partial charge on any atom is -0.454 e. The van der Waals surface area contributed by atoms with Gasteiger partial charge in [-0.05, 0) is 17.7 Å². The number of morpholine rings is 1. The molecule has 2 aromatic rings. The van der Waals surface area contributed by atoms with Crippen molar-refractivity contribution < 1.29 is 19.0 Å². The molecule has 3 aliphatic rings. The number of aromatic nitrogens is 2. The minimum absolute atomic E-state index is 0.135. The van der Waals surface area contributed by atoms with Crippen LogP contribution in [0.4, 0.5) is 11.5 Å². The first kappa shape index (κ1) is 18.9. The summed E-state index contributed by atoms with van der Waals surface area (Å²) >= 11 is 0. The van der Waals surface area contributed by atoms with Crippen LogP contribution in [-0.4, -0.2) is 80.3 Å². The SMILES string of the molecule is O=C(Cc1ccc2c(c1)OCO2)N1CCN(c2cnnc(N3CCOCC3)c2)CC1. The number of piperazine rings is 1. The average Bonchev–Trinajstić information content (AvgIpc) is 3.28. The second-order valence-electron chi connectivity index (χ2n) is 7.60. The molecule has 4 heterocycles. The van der Waals surface area contributed by atoms with E-state index in [0.29, 0.717) is 25.3 Å². The van der Waals surface area contributed by atoms with Crippen LogP contribution in [0.15, 0.2) is 30.5 Å². The first-order chi connectivity index (χ1) is 14.8. The smallest absolute Gasteiger partial charge is 0.231 e. The maximum atomic E-state index is 12.8. The lowest BCUT2D eigenvalue weighted by atomic mass is 10.1. The molecule has 9 nitrogen and oxygen atoms in total. The van der Waals surface area contributed by atoms with Crippen molar-refractivity contribution in [3.05, 3.63) is 36.0 Å². The van der Waals surface area contributed by atoms with Crippen LogP contribution in [0, 0.1) is 0 Å². The van der Waals surface area contributed by atoms with Gasteiger partial charge in [0, 0.05) is 45.3 Å². The molecule has 1 amide bonds. The van der Waals surface area contributed by atoms with E-state index in [-0.39, 0.29) is 12.7 Å². The molecule has 0 bridgehead atoms. The maximum Gasteiger partial charge on any atom is 0.231 e. The highest BCUT2D eigenvalue weighted by molar-refractivity contribution is 5.79. The van der Waals surface area contributed by atoms with Crippen LogP contribution >= 0.6 is 0 Å². The molecule has 0 saturated carbocycles. The van der Waals surface area contributed by atoms with E-state index in [1.54, 1.807) is 6.20 Å². The molecule has 158 valence electrons. The van der Waals surface area contributed by atoms with Gasteiger partial charge in [-0.25, -0.2) is 0 Å². The van der Waals surface area contributed by atoms with Gasteiger partial charge in [-0.1, -0.05) is 6.07 Å². The van der Waals surface area contributed by atoms with Gasteiger partial charge < -0.3 is 28.9 Å². The molecule has 0 atom stereocenters. The predicted octanol–water partition coefficient (Wildman–Crippen LogP) is 0.933. The summed E-state index contributed by atoms with van der Waals surface area (Å²) < 4.78 is 16.2. The first-order valence-electron chi connectivity index (χ1n) is 10.3. The largest absolute Gasteiger partial charge is 0.454 e. The highest BCUT2D eigenvalue weighted by Gasteiger charge is 2.23. The average molecular weight is 411 g/mol. The molecule has 0 unspecified atom stereocenters. The van der Waals surface area contributed by atoms with Crippen molar-refractivity contribution in [1.82, 2.24) is 15.1 Å². The predicted molar refractivity (Wildman–Crippen MR) is 110 cm³/mol. The van der Waals surface area contributed by atoms with E-state index < -0.39 is 0 Å². The van der Waals surface area contributed by atoms with Crippen LogP contribution in [0.2, 0.25) is 0 Å². The van der Waals surface area contributed by atoms with Crippen molar-refractivity contribution in [2.75, 3.05) is 69.1 Å². The third-order valence-corrected chi connectivity index (χ3v) is 5.75. The standard InChI is InChI=1S/C21H25N5O4/c27-21(12-16-1-2-18-19(11-16)30-15-29-18)26-5-3-24(4-6-26)17-13-20(23-22-14-17)25-7-9-28-10-8-25/h1-2,11,13-14H,3-10,12,15H2. The first-order valence-corrected chi connectivity index (χ1v) is 10.3. The third-order valence-electron chi connectivity index (χ3n) is 5.75. The normalized spacial score (nSPS) is 18.6. The monoisotopic (exact) mass is 411 g/mol. The lowest BCUT2D eigenvalue weighted by Gasteiger charge is -2.36. The summed E-state index contributed by atoms with van der Waals surface area (Å²) in [5.41, 5.74) is 1.99. The van der Waals surface area contributed by atoms with Crippen molar-refractivity contribution in [3.63, 3.8) is 0 Å². The van der Waals surface area contributed by atoms with Crippen molar-refractivity contribution in [1.29, 1.82) is 0 Å². The fourth-order valence-corrected chi connectivity index (χ4v) is 4.02. The Bertz CT molecular complexity index is 910. The molecule has 9 heteroatoms. The summed E-state index contributed by atoms with van der Waals surface area (Å²) in [5.74, 6) is 2.47. The van der Waals surface area contributed by atoms with E-state index >= 15 is 0 Å². The summed E-state index contributed by atoms with van der Waals surface area (Å²) in [5, 5.41) is 8.48. The minimum atomic E-state index is 0.135. The molecular formula is C21H25N5O4. The molecule has 0 radical (unpaired) electrons. The molecule has 2 fully saturated rings. The van der Waals surface area contributed by atoms with E-state index in [9.17, 15) is 4.79 Å². The van der Waals surface area contributed by atoms with Crippen LogP contribution in [-0.2, 0) is 16.0 Å². The van der Waals surface area contributed by atoms with Gasteiger partial charge in [0.25, 0.3) is 0 Å². The highest BCUT2D eigenvalue weighted by atomic mass is 16.7. The molecular weight excluding hydrogens is 386 g/mol. The summed E-state index contributed by atoms with van der Waals surface area (Å²) in [6.45, 7) is 6.29. The van der Waals surface area contributed by atoms with Gasteiger partial charge in [-0.3, -0.25) is 4.79 Å². The summed E-state index contributed by atoms with van der Waals surface area (Å²) in [6, 6.07) is 7.78. The zero-order valence-corrected chi connectivity index (χ0v) is 16.8. The number of benzene rings is 1. The molecule has 1 aromatic heterocycles. The molecule has 5 rings (SSSR count). The van der Waals surface area contributed by atoms with Gasteiger partial charge in [-0.15, -0.1) is 5.10 Å². The van der Waals surface area contributed by atoms with Crippen molar-refractivity contribution in [3.8, 4) is 11.5 Å². The number of rotatable bonds is 4. The number of carbonyl (C=O) groups is 1. The Hall–Kier alpha value is -3.07. The van der Waals surface area contributed by atoms with E-state index in [1.807, 2.05) is 23.1 Å². The zero-order chi connectivity index (χ0) is 20.3. The molecule has 1 aromatic carbocycles. The number of carbonyl (C=O) groups excluding carboxylic acids is 1. The molecule has 2 saturated heterocycles. The van der Waals surface area contributed by atoms with Gasteiger partial charge >= 0.3 is 0 Å². The van der Waals surface area contributed by atoms with Gasteiger partial charge in [0.05, 0.1) is 31.5 Å². The summed E-state index contributed by atoms with van der Waals surface area (Å²) in [7, 11) is 0. The molecule has 0 N–H and O–H groups in total. The Kier molecular flexibility index (Phi) is 5.27. The van der Waals surface area contributed by atoms with Gasteiger partial charge in [-0.2, -0.15) is 5.10 Å². The quantitative estimate of drug-likeness (QED) is 0.735. The molecule has 0 spiro atoms. The lowest BCUT2D eigenvalue weighted by molar-refractivity contribution is -0.130. The topological polar surface area (TPSA) is 80.3 Å². The van der Waals surface area contributed by atoms with E-state index in [4.69, 9.17) is 14.2 Å². The molecule has 0 aliphatic carbocycles. The van der Waals surface area contributed by atoms with Crippen molar-refractivity contribution in [2.45, 2.75) is 6.42 Å². The number of amides is 1. The Morgan fingerprint density at radius 1 is 0.933 bits per heavy atom. The Labute approximate surface area is 175 Å². The van der Waals surface area contributed by atoms with Gasteiger partial charge in [0.1, 0.15) is 0 Å². The number of anilines is 2. The van der Waals surface area contributed by atoms with Gasteiger partial charge in [0.15, 0.2) is 17.3 Å². The number of hydrogen-bond acceptors (Lipinski definition) is 8. The zero-order valence-electron chi connectivity index (χ0n) is 16.8. The maximum absolute atomic E-state index is 12.8. The summed E-state index contributed by atoms with van der Waals surface area (Å²) in [6.07, 6.45) is 2.17. The van der Waals surface area contributed by atoms with E-state index in [2.05, 4.69) is 26.1 Å². The van der Waals surface area contributed by atoms with E-state index in [1.165, 1.54) is 0 Å². The van der Waals surface area contributed by atoms with Gasteiger partial charge in [0.2, 0.25) is 12.7 Å². The second kappa shape index (κ2) is 8.35. The third kappa shape index (κ3) is 3.97. The lowest BCUT2D eigenvalue weighted by Crippen LogP contribution is -2.49. The van der Waals surface area contributed by atoms with Crippen LogP contribution < -0.4 is 19.3 Å². The van der Waals surface area contributed by atoms with Crippen LogP contribution in [0.25, 0.3) is 0 Å². The Morgan fingerprint density at radius 3 is 2.57 bits per heavy atom. The fourth-order valence-electron chi connectivity index (χ4n) is 4.02. The number of hydrogen-bond donors (Lipinski definition) is 0. The van der Waals surface area contributed by atoms with Crippen molar-refractivity contribution >= 4 is 17.4 Å². The van der Waals surface area contributed by atoms with Crippen LogP contribution in [0.3, 0.4) is 0 Å². The number of nitrogens with zero attached hydrogens (tertiary/aromatic N) is 5. The molecule has 3 aliphatic heterocycles. The number of ether oxygens (including phenoxy) is 3. The summed E-state index contributed by atoms with van der Waals surface area (Å²) in [4.78, 5) is 19.2. The van der Waals surface area contributed by atoms with Crippen LogP contribution in [0.1, 0.15) is 5.56 Å². The Morgan fingerprint density at radius 2 is 1.73 bits per heavy atom. The number of fused-ring (bicyclic) bond motifs is 1. The fraction of sp³-hybridized carbons (Fsp3) is 0.476. The highest BCUT2D eigenvalue weighted by Crippen LogP contribution is 2.32. The molecule has 30 heavy (non-hydrogen) atoms. The Balaban J connectivity index is 1.17. The van der Waals surface area contributed by atoms with E-state index in [0.717, 1.165) is 62.2 Å². The van der Waals surface area contributed by atoms with Crippen LogP contribution in [0.5, 0.6) is 11.5 Å². The second-order valence-corrected chi connectivity index (χ2v) is 7.60.